The fraction of sp³-hybridized carbons (Fsp3) is 0.556. The number of carbonyl (C=O) groups is 2. The first-order valence-corrected chi connectivity index (χ1v) is 11.1. The first-order chi connectivity index (χ1) is 13.7. The number of sulfonamides is 1. The molecule has 11 heteroatoms. The maximum absolute atomic E-state index is 13.3. The van der Waals surface area contributed by atoms with Crippen LogP contribution < -0.4 is 0 Å². The zero-order chi connectivity index (χ0) is 21.6. The van der Waals surface area contributed by atoms with E-state index in [0.29, 0.717) is 26.1 Å². The number of amides is 1. The lowest BCUT2D eigenvalue weighted by Gasteiger charge is -2.27. The van der Waals surface area contributed by atoms with E-state index in [1.165, 1.54) is 10.4 Å². The molecule has 0 unspecified atom stereocenters. The van der Waals surface area contributed by atoms with Gasteiger partial charge in [0, 0.05) is 26.2 Å². The van der Waals surface area contributed by atoms with Gasteiger partial charge in [-0.3, -0.25) is 14.5 Å². The predicted molar refractivity (Wildman–Crippen MR) is 106 cm³/mol. The quantitative estimate of drug-likeness (QED) is 0.702. The summed E-state index contributed by atoms with van der Waals surface area (Å²) in [5.41, 5.74) is 0. The molecule has 1 aromatic rings. The summed E-state index contributed by atoms with van der Waals surface area (Å²) in [6, 6.07) is 3.30. The van der Waals surface area contributed by atoms with Gasteiger partial charge in [0.1, 0.15) is 5.82 Å². The smallest absolute Gasteiger partial charge is 0.290 e. The van der Waals surface area contributed by atoms with Gasteiger partial charge in [-0.1, -0.05) is 11.6 Å². The molecule has 29 heavy (non-hydrogen) atoms. The summed E-state index contributed by atoms with van der Waals surface area (Å²) in [5, 5.41) is 6.67. The highest BCUT2D eigenvalue weighted by molar-refractivity contribution is 7.89. The van der Waals surface area contributed by atoms with Crippen LogP contribution in [-0.4, -0.2) is 85.8 Å². The predicted octanol–water partition coefficient (Wildman–Crippen LogP) is 1.50. The molecule has 1 N–H and O–H groups in total. The molecule has 0 bridgehead atoms. The second kappa shape index (κ2) is 10.3. The van der Waals surface area contributed by atoms with Crippen LogP contribution in [0.15, 0.2) is 23.1 Å². The third kappa shape index (κ3) is 5.65. The number of likely N-dealkylation sites (N-methyl/N-ethyl adjacent to an activating group) is 1. The highest BCUT2D eigenvalue weighted by Crippen LogP contribution is 2.24. The summed E-state index contributed by atoms with van der Waals surface area (Å²) in [5.74, 6) is -0.576. The molecule has 2 aliphatic heterocycles. The molecule has 8 nitrogen and oxygen atoms in total. The van der Waals surface area contributed by atoms with E-state index in [0.717, 1.165) is 31.5 Å². The number of benzene rings is 1. The van der Waals surface area contributed by atoms with Crippen molar-refractivity contribution in [3.63, 3.8) is 0 Å². The van der Waals surface area contributed by atoms with Crippen LogP contribution in [-0.2, 0) is 19.6 Å². The second-order valence-electron chi connectivity index (χ2n) is 6.90. The van der Waals surface area contributed by atoms with Crippen molar-refractivity contribution in [3.05, 3.63) is 29.0 Å². The summed E-state index contributed by atoms with van der Waals surface area (Å²) in [7, 11) is -1.82. The highest BCUT2D eigenvalue weighted by Gasteiger charge is 2.34. The number of likely N-dealkylation sites (tertiary alicyclic amines) is 1. The van der Waals surface area contributed by atoms with Crippen molar-refractivity contribution in [2.24, 2.45) is 0 Å². The average Bonchev–Trinajstić information content (AvgIpc) is 2.94. The minimum Gasteiger partial charge on any atom is -0.483 e. The van der Waals surface area contributed by atoms with E-state index in [4.69, 9.17) is 21.5 Å². The molecule has 3 rings (SSSR count). The maximum atomic E-state index is 13.3. The summed E-state index contributed by atoms with van der Waals surface area (Å²) in [6.07, 6.45) is 2.42. The molecule has 162 valence electrons. The average molecular weight is 450 g/mol. The van der Waals surface area contributed by atoms with Crippen molar-refractivity contribution in [1.82, 2.24) is 14.1 Å². The van der Waals surface area contributed by atoms with Gasteiger partial charge in [-0.05, 0) is 51.1 Å². The van der Waals surface area contributed by atoms with Crippen molar-refractivity contribution in [3.8, 4) is 0 Å². The van der Waals surface area contributed by atoms with E-state index in [1.807, 2.05) is 7.05 Å². The number of carboxylic acid groups (broad SMARTS) is 1. The minimum absolute atomic E-state index is 0.0285. The lowest BCUT2D eigenvalue weighted by atomic mass is 10.2. The summed E-state index contributed by atoms with van der Waals surface area (Å²) in [4.78, 5) is 24.9. The highest BCUT2D eigenvalue weighted by atomic mass is 35.5. The molecule has 1 aromatic carbocycles. The third-order valence-electron chi connectivity index (χ3n) is 5.10. The van der Waals surface area contributed by atoms with Crippen molar-refractivity contribution in [1.29, 1.82) is 0 Å². The Bertz CT molecular complexity index is 839. The van der Waals surface area contributed by atoms with Gasteiger partial charge in [-0.2, -0.15) is 4.31 Å². The molecule has 0 radical (unpaired) electrons. The molecule has 0 aromatic heterocycles. The zero-order valence-electron chi connectivity index (χ0n) is 16.1. The molecule has 1 atom stereocenters. The van der Waals surface area contributed by atoms with E-state index in [1.54, 1.807) is 4.90 Å². The molecule has 1 amide bonds. The van der Waals surface area contributed by atoms with Gasteiger partial charge in [0.25, 0.3) is 6.47 Å². The molecule has 0 spiro atoms. The molecule has 2 heterocycles. The van der Waals surface area contributed by atoms with Crippen LogP contribution in [0.5, 0.6) is 0 Å². The topological polar surface area (TPSA) is 98.2 Å². The first kappa shape index (κ1) is 23.5. The molecule has 2 saturated heterocycles. The van der Waals surface area contributed by atoms with Crippen LogP contribution in [0.3, 0.4) is 0 Å². The lowest BCUT2D eigenvalue weighted by molar-refractivity contribution is -0.135. The standard InChI is InChI=1S/C17H23ClFN3O3S.CH2O2/c1-20-7-2-4-16(20)17(23)21-8-3-9-22(11-10-21)26(24,25)13-5-6-15(19)14(18)12-13;2-1-3/h5-6,12,16H,2-4,7-11H2,1H3;1H,(H,2,3)/t16-;/m0./s1. The zero-order valence-corrected chi connectivity index (χ0v) is 17.7. The monoisotopic (exact) mass is 449 g/mol. The van der Waals surface area contributed by atoms with E-state index in [-0.39, 0.29) is 34.9 Å². The van der Waals surface area contributed by atoms with Gasteiger partial charge < -0.3 is 10.0 Å². The fourth-order valence-electron chi connectivity index (χ4n) is 3.57. The van der Waals surface area contributed by atoms with Gasteiger partial charge >= 0.3 is 0 Å². The van der Waals surface area contributed by atoms with Gasteiger partial charge in [-0.15, -0.1) is 0 Å². The Balaban J connectivity index is 0.000000941. The number of hydrogen-bond donors (Lipinski definition) is 1. The summed E-state index contributed by atoms with van der Waals surface area (Å²) >= 11 is 5.73. The van der Waals surface area contributed by atoms with Gasteiger partial charge in [0.2, 0.25) is 15.9 Å². The van der Waals surface area contributed by atoms with Crippen molar-refractivity contribution >= 4 is 34.0 Å². The number of halogens is 2. The SMILES string of the molecule is CN1CCC[C@H]1C(=O)N1CCCN(S(=O)(=O)c2ccc(F)c(Cl)c2)CC1.O=CO. The van der Waals surface area contributed by atoms with Crippen molar-refractivity contribution in [2.75, 3.05) is 39.8 Å². The molecule has 2 fully saturated rings. The Labute approximate surface area is 174 Å². The largest absolute Gasteiger partial charge is 0.483 e. The number of nitrogens with zero attached hydrogens (tertiary/aromatic N) is 3. The molecular formula is C18H25ClFN3O5S. The maximum Gasteiger partial charge on any atom is 0.290 e. The number of carbonyl (C=O) groups excluding carboxylic acids is 1. The van der Waals surface area contributed by atoms with Crippen LogP contribution in [0.2, 0.25) is 5.02 Å². The third-order valence-corrected chi connectivity index (χ3v) is 7.29. The Kier molecular flexibility index (Phi) is 8.38. The van der Waals surface area contributed by atoms with E-state index in [9.17, 15) is 17.6 Å². The van der Waals surface area contributed by atoms with Crippen LogP contribution >= 0.6 is 11.6 Å². The van der Waals surface area contributed by atoms with Crippen LogP contribution in [0.1, 0.15) is 19.3 Å². The lowest BCUT2D eigenvalue weighted by Crippen LogP contribution is -2.45. The van der Waals surface area contributed by atoms with Crippen LogP contribution in [0, 0.1) is 5.82 Å². The Morgan fingerprint density at radius 3 is 2.48 bits per heavy atom. The molecule has 0 aliphatic carbocycles. The number of rotatable bonds is 3. The normalized spacial score (nSPS) is 21.2. The summed E-state index contributed by atoms with van der Waals surface area (Å²) < 4.78 is 40.3. The van der Waals surface area contributed by atoms with Gasteiger partial charge in [0.15, 0.2) is 0 Å². The second-order valence-corrected chi connectivity index (χ2v) is 9.25. The Hall–Kier alpha value is -1.75. The van der Waals surface area contributed by atoms with Crippen LogP contribution in [0.4, 0.5) is 4.39 Å². The fourth-order valence-corrected chi connectivity index (χ4v) is 5.32. The Morgan fingerprint density at radius 1 is 1.21 bits per heavy atom. The summed E-state index contributed by atoms with van der Waals surface area (Å²) in [6.45, 7) is 2.11. The van der Waals surface area contributed by atoms with Crippen LogP contribution in [0.25, 0.3) is 0 Å². The van der Waals surface area contributed by atoms with Gasteiger partial charge in [0.05, 0.1) is 16.0 Å². The Morgan fingerprint density at radius 2 is 1.90 bits per heavy atom. The molecule has 2 aliphatic rings. The minimum atomic E-state index is -3.77. The molecule has 0 saturated carbocycles. The van der Waals surface area contributed by atoms with E-state index >= 15 is 0 Å². The molecular weight excluding hydrogens is 425 g/mol. The number of hydrogen-bond acceptors (Lipinski definition) is 5. The van der Waals surface area contributed by atoms with E-state index < -0.39 is 15.8 Å². The van der Waals surface area contributed by atoms with Crippen molar-refractivity contribution in [2.45, 2.75) is 30.2 Å². The van der Waals surface area contributed by atoms with E-state index in [2.05, 4.69) is 4.90 Å². The van der Waals surface area contributed by atoms with Gasteiger partial charge in [-0.25, -0.2) is 12.8 Å². The van der Waals surface area contributed by atoms with Crippen molar-refractivity contribution < 1.29 is 27.5 Å². The first-order valence-electron chi connectivity index (χ1n) is 9.24.